The van der Waals surface area contributed by atoms with E-state index in [2.05, 4.69) is 6.58 Å². The molecule has 1 aliphatic heterocycles. The van der Waals surface area contributed by atoms with Crippen LogP contribution in [-0.4, -0.2) is 18.0 Å². The predicted molar refractivity (Wildman–Crippen MR) is 87.7 cm³/mol. The highest BCUT2D eigenvalue weighted by molar-refractivity contribution is 6.00. The van der Waals surface area contributed by atoms with Crippen LogP contribution in [0.15, 0.2) is 54.3 Å². The Morgan fingerprint density at radius 2 is 1.96 bits per heavy atom. The third kappa shape index (κ3) is 2.75. The molecule has 0 saturated carbocycles. The summed E-state index contributed by atoms with van der Waals surface area (Å²) >= 11 is 0. The Labute approximate surface area is 134 Å². The van der Waals surface area contributed by atoms with Gasteiger partial charge in [-0.25, -0.2) is 9.59 Å². The van der Waals surface area contributed by atoms with E-state index in [1.165, 1.54) is 0 Å². The zero-order valence-corrected chi connectivity index (χ0v) is 13.0. The van der Waals surface area contributed by atoms with Gasteiger partial charge in [-0.15, -0.1) is 0 Å². The number of hydrogen-bond acceptors (Lipinski definition) is 4. The van der Waals surface area contributed by atoms with Crippen molar-refractivity contribution >= 4 is 28.8 Å². The van der Waals surface area contributed by atoms with E-state index in [0.29, 0.717) is 11.1 Å². The van der Waals surface area contributed by atoms with Gasteiger partial charge in [0.25, 0.3) is 0 Å². The third-order valence-electron chi connectivity index (χ3n) is 3.97. The van der Waals surface area contributed by atoms with Crippen LogP contribution in [0.5, 0.6) is 0 Å². The molecule has 0 bridgehead atoms. The van der Waals surface area contributed by atoms with E-state index in [1.807, 2.05) is 24.3 Å². The fraction of sp³-hybridized carbons (Fsp3) is 0.158. The lowest BCUT2D eigenvalue weighted by Gasteiger charge is -2.06. The number of ether oxygens (including phenoxy) is 2. The van der Waals surface area contributed by atoms with Crippen molar-refractivity contribution in [1.29, 1.82) is 0 Å². The zero-order chi connectivity index (χ0) is 16.6. The minimum absolute atomic E-state index is 0.0116. The summed E-state index contributed by atoms with van der Waals surface area (Å²) in [6, 6.07) is 11.1. The molecular weight excluding hydrogens is 292 g/mol. The molecule has 0 fully saturated rings. The van der Waals surface area contributed by atoms with E-state index in [-0.39, 0.29) is 11.9 Å². The lowest BCUT2D eigenvalue weighted by Crippen LogP contribution is -2.10. The van der Waals surface area contributed by atoms with Gasteiger partial charge in [-0.3, -0.25) is 0 Å². The molecule has 2 aromatic carbocycles. The molecule has 23 heavy (non-hydrogen) atoms. The summed E-state index contributed by atoms with van der Waals surface area (Å²) in [7, 11) is 0. The Morgan fingerprint density at radius 3 is 2.61 bits per heavy atom. The van der Waals surface area contributed by atoms with E-state index in [9.17, 15) is 9.59 Å². The van der Waals surface area contributed by atoms with Crippen molar-refractivity contribution in [3.8, 4) is 0 Å². The standard InChI is InChI=1S/C19H16O4/c1-4-13-5-6-14-7-8-15(10-16(14)9-13)18(20)23-17-11(2)12(3)22-19(17)21/h4-10,12H,1H2,2-3H3. The molecule has 0 saturated heterocycles. The van der Waals surface area contributed by atoms with Gasteiger partial charge >= 0.3 is 11.9 Å². The second-order valence-electron chi connectivity index (χ2n) is 5.47. The number of fused-ring (bicyclic) bond motifs is 1. The molecule has 1 aliphatic rings. The Hall–Kier alpha value is -2.88. The van der Waals surface area contributed by atoms with E-state index < -0.39 is 11.9 Å². The van der Waals surface area contributed by atoms with Crippen LogP contribution in [-0.2, 0) is 14.3 Å². The highest BCUT2D eigenvalue weighted by Crippen LogP contribution is 2.25. The van der Waals surface area contributed by atoms with Gasteiger partial charge in [0.2, 0.25) is 5.76 Å². The van der Waals surface area contributed by atoms with E-state index in [1.54, 1.807) is 32.1 Å². The molecular formula is C19H16O4. The first-order valence-electron chi connectivity index (χ1n) is 7.30. The Morgan fingerprint density at radius 1 is 1.22 bits per heavy atom. The fourth-order valence-corrected chi connectivity index (χ4v) is 2.44. The van der Waals surface area contributed by atoms with Crippen LogP contribution >= 0.6 is 0 Å². The number of esters is 2. The first-order valence-corrected chi connectivity index (χ1v) is 7.30. The largest absolute Gasteiger partial charge is 0.452 e. The molecule has 0 spiro atoms. The van der Waals surface area contributed by atoms with Gasteiger partial charge in [-0.05, 0) is 48.4 Å². The molecule has 0 radical (unpaired) electrons. The van der Waals surface area contributed by atoms with Crippen LogP contribution in [0.1, 0.15) is 29.8 Å². The van der Waals surface area contributed by atoms with Crippen LogP contribution < -0.4 is 0 Å². The lowest BCUT2D eigenvalue weighted by atomic mass is 10.0. The van der Waals surface area contributed by atoms with Crippen molar-refractivity contribution in [3.63, 3.8) is 0 Å². The van der Waals surface area contributed by atoms with Gasteiger partial charge in [0.15, 0.2) is 0 Å². The number of cyclic esters (lactones) is 1. The molecule has 0 N–H and O–H groups in total. The number of hydrogen-bond donors (Lipinski definition) is 0. The average Bonchev–Trinajstić information content (AvgIpc) is 2.80. The first kappa shape index (κ1) is 15.0. The van der Waals surface area contributed by atoms with Gasteiger partial charge < -0.3 is 9.47 Å². The highest BCUT2D eigenvalue weighted by Gasteiger charge is 2.32. The van der Waals surface area contributed by atoms with Crippen LogP contribution in [0.3, 0.4) is 0 Å². The summed E-state index contributed by atoms with van der Waals surface area (Å²) in [5.74, 6) is -1.18. The van der Waals surface area contributed by atoms with Gasteiger partial charge in [0.1, 0.15) is 6.10 Å². The molecule has 3 rings (SSSR count). The molecule has 1 unspecified atom stereocenters. The quantitative estimate of drug-likeness (QED) is 0.808. The number of benzene rings is 2. The van der Waals surface area contributed by atoms with E-state index >= 15 is 0 Å². The minimum Gasteiger partial charge on any atom is -0.452 e. The van der Waals surface area contributed by atoms with Gasteiger partial charge in [0.05, 0.1) is 5.56 Å². The Balaban J connectivity index is 1.92. The molecule has 2 aromatic rings. The number of carbonyl (C=O) groups is 2. The summed E-state index contributed by atoms with van der Waals surface area (Å²) in [4.78, 5) is 24.0. The smallest absolute Gasteiger partial charge is 0.375 e. The maximum absolute atomic E-state index is 12.3. The van der Waals surface area contributed by atoms with Crippen molar-refractivity contribution < 1.29 is 19.1 Å². The lowest BCUT2D eigenvalue weighted by molar-refractivity contribution is -0.141. The highest BCUT2D eigenvalue weighted by atomic mass is 16.6. The molecule has 1 atom stereocenters. The number of rotatable bonds is 3. The van der Waals surface area contributed by atoms with Crippen molar-refractivity contribution in [3.05, 3.63) is 65.4 Å². The molecule has 4 nitrogen and oxygen atoms in total. The third-order valence-corrected chi connectivity index (χ3v) is 3.97. The summed E-state index contributed by atoms with van der Waals surface area (Å²) in [6.45, 7) is 7.19. The van der Waals surface area contributed by atoms with Gasteiger partial charge in [0, 0.05) is 5.57 Å². The normalized spacial score (nSPS) is 17.3. The van der Waals surface area contributed by atoms with Crippen LogP contribution in [0.25, 0.3) is 16.8 Å². The van der Waals surface area contributed by atoms with Crippen molar-refractivity contribution in [1.82, 2.24) is 0 Å². The average molecular weight is 308 g/mol. The maximum Gasteiger partial charge on any atom is 0.375 e. The molecule has 0 aliphatic carbocycles. The van der Waals surface area contributed by atoms with E-state index in [4.69, 9.17) is 9.47 Å². The van der Waals surface area contributed by atoms with E-state index in [0.717, 1.165) is 16.3 Å². The van der Waals surface area contributed by atoms with Crippen LogP contribution in [0, 0.1) is 0 Å². The van der Waals surface area contributed by atoms with Gasteiger partial charge in [-0.2, -0.15) is 0 Å². The molecule has 4 heteroatoms. The molecule has 0 amide bonds. The zero-order valence-electron chi connectivity index (χ0n) is 13.0. The molecule has 116 valence electrons. The Kier molecular flexibility index (Phi) is 3.74. The molecule has 0 aromatic heterocycles. The second kappa shape index (κ2) is 5.72. The van der Waals surface area contributed by atoms with Gasteiger partial charge in [-0.1, -0.05) is 30.9 Å². The fourth-order valence-electron chi connectivity index (χ4n) is 2.44. The second-order valence-corrected chi connectivity index (χ2v) is 5.47. The maximum atomic E-state index is 12.3. The van der Waals surface area contributed by atoms with Crippen molar-refractivity contribution in [2.24, 2.45) is 0 Å². The summed E-state index contributed by atoms with van der Waals surface area (Å²) in [5.41, 5.74) is 1.97. The summed E-state index contributed by atoms with van der Waals surface area (Å²) in [5, 5.41) is 1.92. The van der Waals surface area contributed by atoms with Crippen molar-refractivity contribution in [2.75, 3.05) is 0 Å². The summed E-state index contributed by atoms with van der Waals surface area (Å²) in [6.07, 6.45) is 1.38. The summed E-state index contributed by atoms with van der Waals surface area (Å²) < 4.78 is 10.3. The van der Waals surface area contributed by atoms with Crippen LogP contribution in [0.2, 0.25) is 0 Å². The van der Waals surface area contributed by atoms with Crippen LogP contribution in [0.4, 0.5) is 0 Å². The van der Waals surface area contributed by atoms with Crippen molar-refractivity contribution in [2.45, 2.75) is 20.0 Å². The monoisotopic (exact) mass is 308 g/mol. The first-order chi connectivity index (χ1) is 11.0. The minimum atomic E-state index is -0.599. The predicted octanol–water partition coefficient (Wildman–Crippen LogP) is 3.86. The SMILES string of the molecule is C=Cc1ccc2ccc(C(=O)OC3=C(C)C(C)OC3=O)cc2c1. The molecule has 1 heterocycles. The topological polar surface area (TPSA) is 52.6 Å². The number of carbonyl (C=O) groups excluding carboxylic acids is 2. The Bertz CT molecular complexity index is 861.